The minimum Gasteiger partial charge on any atom is -0.404 e. The van der Waals surface area contributed by atoms with Crippen molar-refractivity contribution in [1.82, 2.24) is 0 Å². The molecule has 4 nitrogen and oxygen atoms in total. The highest BCUT2D eigenvalue weighted by Crippen LogP contribution is 2.55. The lowest BCUT2D eigenvalue weighted by Crippen LogP contribution is -2.30. The summed E-state index contributed by atoms with van der Waals surface area (Å²) in [5, 5.41) is 0. The molecule has 20 heavy (non-hydrogen) atoms. The van der Waals surface area contributed by atoms with E-state index in [1.54, 1.807) is 6.07 Å². The fourth-order valence-electron chi connectivity index (χ4n) is 1.93. The molecule has 0 saturated carbocycles. The quantitative estimate of drug-likeness (QED) is 0.752. The van der Waals surface area contributed by atoms with Crippen molar-refractivity contribution in [3.8, 4) is 5.75 Å². The van der Waals surface area contributed by atoms with E-state index >= 15 is 0 Å². The summed E-state index contributed by atoms with van der Waals surface area (Å²) in [6.45, 7) is 11.0. The maximum Gasteiger partial charge on any atom is 0.530 e. The van der Waals surface area contributed by atoms with E-state index in [2.05, 4.69) is 20.8 Å². The van der Waals surface area contributed by atoms with Crippen molar-refractivity contribution >= 4 is 7.82 Å². The zero-order valence-electron chi connectivity index (χ0n) is 12.8. The number of benzene rings is 1. The minimum atomic E-state index is -3.51. The van der Waals surface area contributed by atoms with Gasteiger partial charge in [0.25, 0.3) is 0 Å². The van der Waals surface area contributed by atoms with Gasteiger partial charge in [-0.25, -0.2) is 4.57 Å². The average Bonchev–Trinajstić information content (AvgIpc) is 2.33. The number of rotatable bonds is 2. The topological polar surface area (TPSA) is 44.8 Å². The molecule has 1 aliphatic heterocycles. The van der Waals surface area contributed by atoms with Gasteiger partial charge in [-0.05, 0) is 11.5 Å². The highest BCUT2D eigenvalue weighted by molar-refractivity contribution is 7.49. The van der Waals surface area contributed by atoms with Gasteiger partial charge in [0.2, 0.25) is 0 Å². The van der Waals surface area contributed by atoms with Gasteiger partial charge in [-0.2, -0.15) is 0 Å². The van der Waals surface area contributed by atoms with E-state index in [0.29, 0.717) is 19.0 Å². The van der Waals surface area contributed by atoms with Crippen molar-refractivity contribution in [2.45, 2.75) is 40.0 Å². The van der Waals surface area contributed by atoms with Crippen molar-refractivity contribution in [3.05, 3.63) is 29.8 Å². The highest BCUT2D eigenvalue weighted by Gasteiger charge is 2.40. The van der Waals surface area contributed by atoms with Crippen LogP contribution in [0.4, 0.5) is 0 Å². The molecule has 1 aliphatic rings. The van der Waals surface area contributed by atoms with Gasteiger partial charge in [-0.15, -0.1) is 0 Å². The van der Waals surface area contributed by atoms with Crippen molar-refractivity contribution in [2.24, 2.45) is 5.41 Å². The summed E-state index contributed by atoms with van der Waals surface area (Å²) < 4.78 is 28.8. The van der Waals surface area contributed by atoms with Crippen molar-refractivity contribution in [3.63, 3.8) is 0 Å². The standard InChI is InChI=1S/C15H23O4P/c1-14(2,3)12-8-6-7-9-13(12)19-20(16)17-10-15(4,5)11-18-20/h6-9H,10-11H2,1-5H3. The molecule has 0 spiro atoms. The number of hydrogen-bond acceptors (Lipinski definition) is 4. The van der Waals surface area contributed by atoms with E-state index < -0.39 is 7.82 Å². The van der Waals surface area contributed by atoms with Crippen LogP contribution in [0, 0.1) is 5.41 Å². The average molecular weight is 298 g/mol. The molecular formula is C15H23O4P. The number of hydrogen-bond donors (Lipinski definition) is 0. The lowest BCUT2D eigenvalue weighted by atomic mass is 9.86. The van der Waals surface area contributed by atoms with Crippen LogP contribution in [-0.4, -0.2) is 13.2 Å². The van der Waals surface area contributed by atoms with E-state index in [1.165, 1.54) is 0 Å². The Balaban J connectivity index is 2.21. The van der Waals surface area contributed by atoms with Crippen molar-refractivity contribution in [2.75, 3.05) is 13.2 Å². The van der Waals surface area contributed by atoms with Gasteiger partial charge in [0, 0.05) is 11.0 Å². The molecule has 0 N–H and O–H groups in total. The number of phosphoric acid groups is 1. The third kappa shape index (κ3) is 3.63. The second-order valence-electron chi connectivity index (χ2n) is 7.00. The maximum absolute atomic E-state index is 12.5. The first-order valence-electron chi connectivity index (χ1n) is 6.80. The Labute approximate surface area is 121 Å². The summed E-state index contributed by atoms with van der Waals surface area (Å²) in [6.07, 6.45) is 0. The largest absolute Gasteiger partial charge is 0.530 e. The third-order valence-electron chi connectivity index (χ3n) is 3.13. The molecule has 0 aromatic heterocycles. The first-order valence-corrected chi connectivity index (χ1v) is 8.26. The Morgan fingerprint density at radius 2 is 1.70 bits per heavy atom. The second kappa shape index (κ2) is 5.18. The third-order valence-corrected chi connectivity index (χ3v) is 4.44. The molecule has 0 unspecified atom stereocenters. The van der Waals surface area contributed by atoms with E-state index in [4.69, 9.17) is 13.6 Å². The summed E-state index contributed by atoms with van der Waals surface area (Å²) >= 11 is 0. The fourth-order valence-corrected chi connectivity index (χ4v) is 3.52. The maximum atomic E-state index is 12.5. The summed E-state index contributed by atoms with van der Waals surface area (Å²) in [5.41, 5.74) is 0.735. The molecule has 2 rings (SSSR count). The molecule has 1 aromatic rings. The van der Waals surface area contributed by atoms with E-state index in [0.717, 1.165) is 5.56 Å². The van der Waals surface area contributed by atoms with E-state index in [-0.39, 0.29) is 10.8 Å². The van der Waals surface area contributed by atoms with Crippen molar-refractivity contribution < 1.29 is 18.1 Å². The van der Waals surface area contributed by atoms with E-state index in [1.807, 2.05) is 32.0 Å². The molecular weight excluding hydrogens is 275 g/mol. The smallest absolute Gasteiger partial charge is 0.404 e. The molecule has 0 aliphatic carbocycles. The monoisotopic (exact) mass is 298 g/mol. The molecule has 0 bridgehead atoms. The van der Waals surface area contributed by atoms with Crippen LogP contribution in [0.1, 0.15) is 40.2 Å². The van der Waals surface area contributed by atoms with Crippen LogP contribution in [0.5, 0.6) is 5.75 Å². The van der Waals surface area contributed by atoms with Gasteiger partial charge in [0.15, 0.2) is 0 Å². The molecule has 112 valence electrons. The van der Waals surface area contributed by atoms with Crippen molar-refractivity contribution in [1.29, 1.82) is 0 Å². The molecule has 1 aromatic carbocycles. The Kier molecular flexibility index (Phi) is 4.03. The molecule has 1 fully saturated rings. The highest BCUT2D eigenvalue weighted by atomic mass is 31.2. The zero-order valence-corrected chi connectivity index (χ0v) is 13.7. The SMILES string of the molecule is CC1(C)COP(=O)(Oc2ccccc2C(C)(C)C)OC1. The zero-order chi connectivity index (χ0) is 15.0. The first-order chi connectivity index (χ1) is 9.11. The fraction of sp³-hybridized carbons (Fsp3) is 0.600. The predicted molar refractivity (Wildman–Crippen MR) is 79.1 cm³/mol. The van der Waals surface area contributed by atoms with Gasteiger partial charge in [0.1, 0.15) is 5.75 Å². The van der Waals surface area contributed by atoms with Crippen LogP contribution < -0.4 is 4.52 Å². The van der Waals surface area contributed by atoms with Gasteiger partial charge in [-0.3, -0.25) is 9.05 Å². The summed E-state index contributed by atoms with van der Waals surface area (Å²) in [4.78, 5) is 0. The van der Waals surface area contributed by atoms with Gasteiger partial charge in [-0.1, -0.05) is 52.8 Å². The molecule has 5 heteroatoms. The second-order valence-corrected chi connectivity index (χ2v) is 8.59. The van der Waals surface area contributed by atoms with Crippen LogP contribution in [0.3, 0.4) is 0 Å². The lowest BCUT2D eigenvalue weighted by Gasteiger charge is -2.33. The van der Waals surface area contributed by atoms with E-state index in [9.17, 15) is 4.57 Å². The minimum absolute atomic E-state index is 0.106. The Hall–Kier alpha value is -0.830. The predicted octanol–water partition coefficient (Wildman–Crippen LogP) is 4.54. The lowest BCUT2D eigenvalue weighted by molar-refractivity contribution is 0.0180. The van der Waals surface area contributed by atoms with Crippen LogP contribution in [-0.2, 0) is 19.0 Å². The Bertz CT molecular complexity index is 517. The summed E-state index contributed by atoms with van der Waals surface area (Å²) in [5.74, 6) is 0.558. The Morgan fingerprint density at radius 1 is 1.15 bits per heavy atom. The van der Waals surface area contributed by atoms with Crippen LogP contribution in [0.2, 0.25) is 0 Å². The number of para-hydroxylation sites is 1. The summed E-state index contributed by atoms with van der Waals surface area (Å²) in [6, 6.07) is 7.56. The van der Waals surface area contributed by atoms with Gasteiger partial charge >= 0.3 is 7.82 Å². The van der Waals surface area contributed by atoms with Gasteiger partial charge in [0.05, 0.1) is 13.2 Å². The molecule has 0 atom stereocenters. The molecule has 1 heterocycles. The summed E-state index contributed by atoms with van der Waals surface area (Å²) in [7, 11) is -3.51. The Morgan fingerprint density at radius 3 is 2.25 bits per heavy atom. The molecule has 1 saturated heterocycles. The number of phosphoric ester groups is 1. The molecule has 0 amide bonds. The molecule has 0 radical (unpaired) electrons. The van der Waals surface area contributed by atoms with Crippen LogP contribution in [0.15, 0.2) is 24.3 Å². The van der Waals surface area contributed by atoms with Gasteiger partial charge < -0.3 is 4.52 Å². The van der Waals surface area contributed by atoms with Crippen LogP contribution in [0.25, 0.3) is 0 Å². The first kappa shape index (κ1) is 15.6. The van der Waals surface area contributed by atoms with Crippen LogP contribution >= 0.6 is 7.82 Å². The normalized spacial score (nSPS) is 21.4.